The van der Waals surface area contributed by atoms with Crippen LogP contribution >= 0.6 is 11.8 Å². The lowest BCUT2D eigenvalue weighted by molar-refractivity contribution is -0.142. The topological polar surface area (TPSA) is 537 Å². The Balaban J connectivity index is 2.25. The standard InChI is InChI=1S/C51H83N17O17S/c1-23(2)38(49(83)61-25(4)40(74)62-28(7)50(84)85)68-48(82)35(20-37(71)72)67-47(81)34(19-29-21-54-22-57-29)66-42(76)27(6)60-44(78)31(12-10-17-56-51(52)53)63-41(75)26(5)58-39(73)24(3)59-45(79)33(15-18-86-8)65-46(80)32(13-14-36(69)70)64-43(77)30-11-9-16-55-30/h21-28,30-35,38,55H,9-20H2,1-8H3,(H,54,57)(H,58,73)(H,59,79)(H,60,78)(H,61,83)(H,62,74)(H,63,75)(H,64,77)(H,65,80)(H,66,76)(H,67,81)(H,68,82)(H,69,70)(H,71,72)(H,84,85)(H4,52,53,56)/t24-,25-,26-,27-,28-,30-,31-,32-,33-,34-,35-,38-/m0/s1. The molecule has 1 fully saturated rings. The maximum atomic E-state index is 14.0. The average Bonchev–Trinajstić information content (AvgIpc) is 3.66. The third-order valence-corrected chi connectivity index (χ3v) is 13.7. The molecule has 2 heterocycles. The molecule has 1 aromatic rings. The van der Waals surface area contributed by atoms with Gasteiger partial charge in [0.05, 0.1) is 18.8 Å². The van der Waals surface area contributed by atoms with Gasteiger partial charge >= 0.3 is 17.9 Å². The van der Waals surface area contributed by atoms with Crippen LogP contribution in [0, 0.1) is 5.92 Å². The number of hydrogen-bond acceptors (Lipinski definition) is 18. The molecular weight excluding hydrogens is 1150 g/mol. The first kappa shape index (κ1) is 73.5. The van der Waals surface area contributed by atoms with Crippen LogP contribution in [0.25, 0.3) is 0 Å². The van der Waals surface area contributed by atoms with Crippen molar-refractivity contribution in [3.63, 3.8) is 0 Å². The van der Waals surface area contributed by atoms with Gasteiger partial charge in [0.25, 0.3) is 0 Å². The quantitative estimate of drug-likeness (QED) is 0.0166. The first-order valence-corrected chi connectivity index (χ1v) is 29.0. The molecule has 1 aromatic heterocycles. The van der Waals surface area contributed by atoms with Crippen molar-refractivity contribution in [1.29, 1.82) is 0 Å². The molecule has 20 N–H and O–H groups in total. The number of imidazole rings is 1. The van der Waals surface area contributed by atoms with Crippen molar-refractivity contribution in [2.24, 2.45) is 22.4 Å². The molecule has 12 atom stereocenters. The van der Waals surface area contributed by atoms with Crippen molar-refractivity contribution in [3.8, 4) is 0 Å². The van der Waals surface area contributed by atoms with Gasteiger partial charge in [-0.2, -0.15) is 11.8 Å². The highest BCUT2D eigenvalue weighted by Crippen LogP contribution is 2.11. The van der Waals surface area contributed by atoms with Crippen molar-refractivity contribution in [1.82, 2.24) is 73.8 Å². The Morgan fingerprint density at radius 1 is 0.581 bits per heavy atom. The number of thioether (sulfide) groups is 1. The summed E-state index contributed by atoms with van der Waals surface area (Å²) < 4.78 is 0. The fraction of sp³-hybridized carbons (Fsp3) is 0.647. The largest absolute Gasteiger partial charge is 0.481 e. The van der Waals surface area contributed by atoms with E-state index in [-0.39, 0.29) is 50.3 Å². The maximum Gasteiger partial charge on any atom is 0.325 e. The molecule has 480 valence electrons. The molecule has 0 bridgehead atoms. The van der Waals surface area contributed by atoms with Crippen molar-refractivity contribution in [2.45, 2.75) is 179 Å². The molecule has 1 aliphatic rings. The molecule has 0 radical (unpaired) electrons. The van der Waals surface area contributed by atoms with Crippen LogP contribution in [-0.4, -0.2) is 212 Å². The first-order valence-electron chi connectivity index (χ1n) is 27.6. The lowest BCUT2D eigenvalue weighted by Gasteiger charge is -2.27. The van der Waals surface area contributed by atoms with Crippen molar-refractivity contribution >= 4 is 101 Å². The van der Waals surface area contributed by atoms with Gasteiger partial charge in [0.2, 0.25) is 65.0 Å². The zero-order chi connectivity index (χ0) is 65.0. The summed E-state index contributed by atoms with van der Waals surface area (Å²) in [7, 11) is 0. The fourth-order valence-electron chi connectivity index (χ4n) is 8.06. The Labute approximate surface area is 499 Å². The second kappa shape index (κ2) is 36.9. The number of amides is 11. The summed E-state index contributed by atoms with van der Waals surface area (Å²) in [6, 6.07) is -16.2. The smallest absolute Gasteiger partial charge is 0.325 e. The Morgan fingerprint density at radius 3 is 1.53 bits per heavy atom. The average molecular weight is 1240 g/mol. The molecule has 1 saturated heterocycles. The molecule has 0 aliphatic carbocycles. The van der Waals surface area contributed by atoms with Crippen LogP contribution in [-0.2, 0) is 73.5 Å². The van der Waals surface area contributed by atoms with E-state index in [0.29, 0.717) is 18.7 Å². The highest BCUT2D eigenvalue weighted by Gasteiger charge is 2.36. The lowest BCUT2D eigenvalue weighted by atomic mass is 10.0. The first-order chi connectivity index (χ1) is 40.3. The van der Waals surface area contributed by atoms with Crippen LogP contribution < -0.4 is 75.3 Å². The summed E-state index contributed by atoms with van der Waals surface area (Å²) in [5.41, 5.74) is 11.2. The number of aromatic amines is 1. The zero-order valence-electron chi connectivity index (χ0n) is 49.2. The Morgan fingerprint density at radius 2 is 1.05 bits per heavy atom. The Kier molecular flexibility index (Phi) is 31.6. The van der Waals surface area contributed by atoms with Gasteiger partial charge in [-0.1, -0.05) is 13.8 Å². The van der Waals surface area contributed by atoms with Crippen LogP contribution in [0.15, 0.2) is 17.5 Å². The fourth-order valence-corrected chi connectivity index (χ4v) is 8.53. The molecule has 0 aromatic carbocycles. The highest BCUT2D eigenvalue weighted by molar-refractivity contribution is 7.98. The molecular formula is C51H83N17O17S. The third kappa shape index (κ3) is 26.5. The predicted molar refractivity (Wildman–Crippen MR) is 307 cm³/mol. The van der Waals surface area contributed by atoms with Crippen LogP contribution in [0.5, 0.6) is 0 Å². The Hall–Kier alpha value is -8.63. The molecule has 0 unspecified atom stereocenters. The van der Waals surface area contributed by atoms with E-state index in [1.807, 2.05) is 0 Å². The lowest BCUT2D eigenvalue weighted by Crippen LogP contribution is -2.61. The van der Waals surface area contributed by atoms with Gasteiger partial charge in [0, 0.05) is 31.3 Å². The zero-order valence-corrected chi connectivity index (χ0v) is 50.0. The summed E-state index contributed by atoms with van der Waals surface area (Å²) in [6.07, 6.45) is 3.45. The van der Waals surface area contributed by atoms with Crippen LogP contribution in [0.3, 0.4) is 0 Å². The number of guanidine groups is 1. The van der Waals surface area contributed by atoms with Gasteiger partial charge in [-0.25, -0.2) is 4.98 Å². The van der Waals surface area contributed by atoms with Crippen molar-refractivity contribution in [2.75, 3.05) is 25.1 Å². The Bertz CT molecular complexity index is 2580. The monoisotopic (exact) mass is 1240 g/mol. The minimum atomic E-state index is -1.87. The summed E-state index contributed by atoms with van der Waals surface area (Å²) in [5, 5.41) is 57.9. The number of carbonyl (C=O) groups excluding carboxylic acids is 11. The summed E-state index contributed by atoms with van der Waals surface area (Å²) >= 11 is 1.35. The van der Waals surface area contributed by atoms with E-state index in [1.165, 1.54) is 72.8 Å². The second-order valence-corrected chi connectivity index (χ2v) is 21.7. The number of rotatable bonds is 38. The minimum absolute atomic E-state index is 0.0143. The van der Waals surface area contributed by atoms with Crippen LogP contribution in [0.1, 0.15) is 106 Å². The third-order valence-electron chi connectivity index (χ3n) is 13.1. The number of hydrogen-bond donors (Lipinski definition) is 18. The molecule has 1 aliphatic heterocycles. The number of H-pyrrole nitrogens is 1. The van der Waals surface area contributed by atoms with Gasteiger partial charge in [-0.15, -0.1) is 0 Å². The van der Waals surface area contributed by atoms with Crippen LogP contribution in [0.2, 0.25) is 0 Å². The number of aliphatic carboxylic acids is 3. The molecule has 35 heteroatoms. The molecule has 0 saturated carbocycles. The van der Waals surface area contributed by atoms with Gasteiger partial charge in [-0.05, 0) is 97.6 Å². The van der Waals surface area contributed by atoms with E-state index in [4.69, 9.17) is 16.6 Å². The SMILES string of the molecule is CSCC[C@H](NC(=O)[C@H](CCC(=O)O)NC(=O)[C@@H]1CCCN1)C(=O)N[C@@H](C)C(=O)N[C@@H](C)C(=O)N[C@@H](CCCN=C(N)N)C(=O)N[C@@H](C)C(=O)N[C@@H](Cc1cnc[nH]1)C(=O)N[C@@H](CC(=O)O)C(=O)N[C@H](C(=O)N[C@@H](C)C(=O)N[C@@H](C)C(=O)O)C(C)C. The summed E-state index contributed by atoms with van der Waals surface area (Å²) in [4.78, 5) is 193. The van der Waals surface area contributed by atoms with Gasteiger partial charge in [-0.3, -0.25) is 72.1 Å². The number of aliphatic imine (C=N–C) groups is 1. The second-order valence-electron chi connectivity index (χ2n) is 20.7. The van der Waals surface area contributed by atoms with E-state index < -0.39 is 174 Å². The summed E-state index contributed by atoms with van der Waals surface area (Å²) in [5.74, 6) is -14.6. The molecule has 34 nitrogen and oxygen atoms in total. The maximum absolute atomic E-state index is 14.0. The number of carboxylic acid groups (broad SMARTS) is 3. The van der Waals surface area contributed by atoms with Crippen molar-refractivity contribution < 1.29 is 82.4 Å². The van der Waals surface area contributed by atoms with E-state index in [9.17, 15) is 77.3 Å². The van der Waals surface area contributed by atoms with Gasteiger partial charge in [0.1, 0.15) is 66.5 Å². The minimum Gasteiger partial charge on any atom is -0.481 e. The number of nitrogens with zero attached hydrogens (tertiary/aromatic N) is 2. The van der Waals surface area contributed by atoms with Gasteiger partial charge < -0.3 is 95.6 Å². The highest BCUT2D eigenvalue weighted by atomic mass is 32.2. The molecule has 86 heavy (non-hydrogen) atoms. The van der Waals surface area contributed by atoms with E-state index in [1.54, 1.807) is 6.26 Å². The van der Waals surface area contributed by atoms with E-state index >= 15 is 0 Å². The predicted octanol–water partition coefficient (Wildman–Crippen LogP) is -5.98. The molecule has 0 spiro atoms. The summed E-state index contributed by atoms with van der Waals surface area (Å²) in [6.45, 7) is 9.85. The van der Waals surface area contributed by atoms with Crippen LogP contribution in [0.4, 0.5) is 0 Å². The van der Waals surface area contributed by atoms with E-state index in [2.05, 4.69) is 78.8 Å². The van der Waals surface area contributed by atoms with E-state index in [0.717, 1.165) is 6.42 Å². The number of aromatic nitrogens is 2. The number of nitrogens with two attached hydrogens (primary N) is 2. The molecule has 11 amide bonds. The molecule has 2 rings (SSSR count). The number of nitrogens with one attached hydrogen (secondary N) is 13. The van der Waals surface area contributed by atoms with Crippen molar-refractivity contribution in [3.05, 3.63) is 18.2 Å². The van der Waals surface area contributed by atoms with Gasteiger partial charge in [0.15, 0.2) is 5.96 Å². The number of carboxylic acids is 3. The normalized spacial score (nSPS) is 16.5. The number of carbonyl (C=O) groups is 14.